The summed E-state index contributed by atoms with van der Waals surface area (Å²) in [6.45, 7) is 0. The van der Waals surface area contributed by atoms with Gasteiger partial charge in [0.15, 0.2) is 5.76 Å². The molecule has 138 valence electrons. The third kappa shape index (κ3) is 3.38. The van der Waals surface area contributed by atoms with Crippen molar-refractivity contribution in [2.24, 2.45) is 0 Å². The Morgan fingerprint density at radius 2 is 1.75 bits per heavy atom. The van der Waals surface area contributed by atoms with Crippen LogP contribution in [0.15, 0.2) is 76.2 Å². The highest BCUT2D eigenvalue weighted by Gasteiger charge is 2.22. The molecule has 0 aliphatic rings. The molecule has 0 aliphatic carbocycles. The molecule has 0 amide bonds. The molecule has 0 bridgehead atoms. The summed E-state index contributed by atoms with van der Waals surface area (Å²) in [7, 11) is 0. The standard InChI is InChI=1S/C21H11Cl2NO4/c22-13-5-6-17-15(11-13)18(25)20(28-21(26)12-7-9-24-10-8-12)19(27-17)14-3-1-2-4-16(14)23/h1-11H. The normalized spacial score (nSPS) is 10.8. The van der Waals surface area contributed by atoms with Crippen molar-refractivity contribution in [1.82, 2.24) is 4.98 Å². The summed E-state index contributed by atoms with van der Waals surface area (Å²) in [6, 6.07) is 14.4. The van der Waals surface area contributed by atoms with E-state index < -0.39 is 11.4 Å². The van der Waals surface area contributed by atoms with Crippen molar-refractivity contribution >= 4 is 40.1 Å². The predicted octanol–water partition coefficient (Wildman–Crippen LogP) is 5.38. The number of hydrogen-bond acceptors (Lipinski definition) is 5. The highest BCUT2D eigenvalue weighted by molar-refractivity contribution is 6.33. The Hall–Kier alpha value is -3.15. The molecule has 0 spiro atoms. The lowest BCUT2D eigenvalue weighted by molar-refractivity contribution is 0.0731. The number of hydrogen-bond donors (Lipinski definition) is 0. The van der Waals surface area contributed by atoms with Gasteiger partial charge in [-0.05, 0) is 42.5 Å². The summed E-state index contributed by atoms with van der Waals surface area (Å²) in [5.41, 5.74) is 0.440. The number of esters is 1. The first-order chi connectivity index (χ1) is 13.5. The number of ether oxygens (including phenoxy) is 1. The minimum atomic E-state index is -0.718. The van der Waals surface area contributed by atoms with Crippen LogP contribution in [0.1, 0.15) is 10.4 Å². The molecule has 28 heavy (non-hydrogen) atoms. The van der Waals surface area contributed by atoms with Gasteiger partial charge in [0.25, 0.3) is 0 Å². The summed E-state index contributed by atoms with van der Waals surface area (Å²) >= 11 is 12.3. The van der Waals surface area contributed by atoms with Crippen molar-refractivity contribution in [3.63, 3.8) is 0 Å². The summed E-state index contributed by atoms with van der Waals surface area (Å²) in [4.78, 5) is 29.5. The summed E-state index contributed by atoms with van der Waals surface area (Å²) in [6.07, 6.45) is 2.91. The Morgan fingerprint density at radius 1 is 1.00 bits per heavy atom. The van der Waals surface area contributed by atoms with Gasteiger partial charge in [0.1, 0.15) is 5.58 Å². The van der Waals surface area contributed by atoms with E-state index in [1.807, 2.05) is 0 Å². The first kappa shape index (κ1) is 18.2. The lowest BCUT2D eigenvalue weighted by Gasteiger charge is -2.11. The van der Waals surface area contributed by atoms with Crippen LogP contribution in [-0.4, -0.2) is 11.0 Å². The molecule has 0 saturated carbocycles. The molecule has 0 unspecified atom stereocenters. The molecule has 7 heteroatoms. The Labute approximate surface area is 169 Å². The maximum atomic E-state index is 13.1. The lowest BCUT2D eigenvalue weighted by atomic mass is 10.1. The average Bonchev–Trinajstić information content (AvgIpc) is 2.71. The summed E-state index contributed by atoms with van der Waals surface area (Å²) in [5, 5.41) is 0.901. The van der Waals surface area contributed by atoms with E-state index in [-0.39, 0.29) is 22.5 Å². The summed E-state index contributed by atoms with van der Waals surface area (Å²) in [5.74, 6) is -0.915. The maximum absolute atomic E-state index is 13.1. The number of rotatable bonds is 3. The minimum Gasteiger partial charge on any atom is -0.452 e. The third-order valence-electron chi connectivity index (χ3n) is 4.04. The zero-order valence-corrected chi connectivity index (χ0v) is 15.7. The van der Waals surface area contributed by atoms with Crippen LogP contribution in [0.3, 0.4) is 0 Å². The first-order valence-corrected chi connectivity index (χ1v) is 8.93. The van der Waals surface area contributed by atoms with Crippen molar-refractivity contribution in [2.45, 2.75) is 0 Å². The predicted molar refractivity (Wildman–Crippen MR) is 107 cm³/mol. The van der Waals surface area contributed by atoms with Gasteiger partial charge < -0.3 is 9.15 Å². The fraction of sp³-hybridized carbons (Fsp3) is 0. The van der Waals surface area contributed by atoms with E-state index in [9.17, 15) is 9.59 Å². The van der Waals surface area contributed by atoms with E-state index in [0.29, 0.717) is 21.2 Å². The zero-order valence-electron chi connectivity index (χ0n) is 14.2. The van der Waals surface area contributed by atoms with Crippen LogP contribution in [-0.2, 0) is 0 Å². The Bertz CT molecular complexity index is 1250. The van der Waals surface area contributed by atoms with Gasteiger partial charge in [-0.3, -0.25) is 9.78 Å². The zero-order chi connectivity index (χ0) is 19.7. The number of carbonyl (C=O) groups is 1. The number of aromatic nitrogens is 1. The first-order valence-electron chi connectivity index (χ1n) is 8.18. The molecule has 0 radical (unpaired) electrons. The van der Waals surface area contributed by atoms with Gasteiger partial charge in [0.2, 0.25) is 11.2 Å². The van der Waals surface area contributed by atoms with Crippen molar-refractivity contribution in [3.8, 4) is 17.1 Å². The molecular weight excluding hydrogens is 401 g/mol. The number of nitrogens with zero attached hydrogens (tertiary/aromatic N) is 1. The van der Waals surface area contributed by atoms with Gasteiger partial charge in [0, 0.05) is 23.0 Å². The van der Waals surface area contributed by atoms with Gasteiger partial charge in [-0.25, -0.2) is 4.79 Å². The van der Waals surface area contributed by atoms with Crippen molar-refractivity contribution < 1.29 is 13.9 Å². The van der Waals surface area contributed by atoms with Gasteiger partial charge >= 0.3 is 5.97 Å². The van der Waals surface area contributed by atoms with Crippen LogP contribution in [0.2, 0.25) is 10.0 Å². The van der Waals surface area contributed by atoms with E-state index in [1.165, 1.54) is 30.6 Å². The van der Waals surface area contributed by atoms with Crippen LogP contribution < -0.4 is 10.2 Å². The second kappa shape index (κ2) is 7.46. The van der Waals surface area contributed by atoms with Crippen molar-refractivity contribution in [3.05, 3.63) is 92.8 Å². The fourth-order valence-electron chi connectivity index (χ4n) is 2.71. The molecule has 0 fully saturated rings. The molecule has 2 aromatic carbocycles. The maximum Gasteiger partial charge on any atom is 0.343 e. The third-order valence-corrected chi connectivity index (χ3v) is 4.60. The van der Waals surface area contributed by atoms with E-state index in [1.54, 1.807) is 36.4 Å². The molecule has 0 atom stereocenters. The number of carbonyl (C=O) groups excluding carboxylic acids is 1. The van der Waals surface area contributed by atoms with Crippen LogP contribution in [0, 0.1) is 0 Å². The van der Waals surface area contributed by atoms with Gasteiger partial charge in [-0.1, -0.05) is 35.3 Å². The molecule has 0 saturated heterocycles. The fourth-order valence-corrected chi connectivity index (χ4v) is 3.10. The van der Waals surface area contributed by atoms with Crippen molar-refractivity contribution in [1.29, 1.82) is 0 Å². The molecule has 5 nitrogen and oxygen atoms in total. The van der Waals surface area contributed by atoms with Crippen molar-refractivity contribution in [2.75, 3.05) is 0 Å². The van der Waals surface area contributed by atoms with Gasteiger partial charge in [-0.15, -0.1) is 0 Å². The summed E-state index contributed by atoms with van der Waals surface area (Å²) < 4.78 is 11.3. The van der Waals surface area contributed by atoms with Gasteiger partial charge in [-0.2, -0.15) is 0 Å². The number of benzene rings is 2. The largest absolute Gasteiger partial charge is 0.452 e. The highest BCUT2D eigenvalue weighted by atomic mass is 35.5. The molecule has 4 aromatic rings. The average molecular weight is 412 g/mol. The molecule has 2 aromatic heterocycles. The topological polar surface area (TPSA) is 69.4 Å². The smallest absolute Gasteiger partial charge is 0.343 e. The lowest BCUT2D eigenvalue weighted by Crippen LogP contribution is -2.16. The Morgan fingerprint density at radius 3 is 2.50 bits per heavy atom. The highest BCUT2D eigenvalue weighted by Crippen LogP contribution is 2.36. The number of fused-ring (bicyclic) bond motifs is 1. The SMILES string of the molecule is O=C(Oc1c(-c2ccccc2Cl)oc2ccc(Cl)cc2c1=O)c1ccncc1. The van der Waals surface area contributed by atoms with E-state index in [2.05, 4.69) is 4.98 Å². The second-order valence-electron chi connectivity index (χ2n) is 5.84. The molecule has 0 N–H and O–H groups in total. The van der Waals surface area contributed by atoms with Crippen LogP contribution >= 0.6 is 23.2 Å². The second-order valence-corrected chi connectivity index (χ2v) is 6.68. The van der Waals surface area contributed by atoms with Gasteiger partial charge in [0.05, 0.1) is 16.0 Å². The van der Waals surface area contributed by atoms with Crippen LogP contribution in [0.25, 0.3) is 22.3 Å². The molecular formula is C21H11Cl2NO4. The van der Waals surface area contributed by atoms with E-state index >= 15 is 0 Å². The van der Waals surface area contributed by atoms with Crippen LogP contribution in [0.4, 0.5) is 0 Å². The van der Waals surface area contributed by atoms with Crippen LogP contribution in [0.5, 0.6) is 5.75 Å². The Balaban J connectivity index is 1.95. The molecule has 2 heterocycles. The van der Waals surface area contributed by atoms with E-state index in [4.69, 9.17) is 32.4 Å². The monoisotopic (exact) mass is 411 g/mol. The molecule has 4 rings (SSSR count). The quantitative estimate of drug-likeness (QED) is 0.423. The Kier molecular flexibility index (Phi) is 4.86. The number of pyridine rings is 1. The molecule has 0 aliphatic heterocycles. The van der Waals surface area contributed by atoms with E-state index in [0.717, 1.165) is 0 Å². The number of halogens is 2. The minimum absolute atomic E-state index is 0.0628.